The summed E-state index contributed by atoms with van der Waals surface area (Å²) >= 11 is 1.61. The second kappa shape index (κ2) is 7.96. The average Bonchev–Trinajstić information content (AvgIpc) is 3.03. The van der Waals surface area contributed by atoms with Gasteiger partial charge in [0.15, 0.2) is 0 Å². The molecular weight excluding hydrogens is 344 g/mol. The SMILES string of the molecule is CCc1ccc(N2C(=O)CSC2c2cccc(NC(=O)C(C)C)c2)cc1. The van der Waals surface area contributed by atoms with E-state index in [1.807, 2.05) is 55.1 Å². The van der Waals surface area contributed by atoms with Crippen molar-refractivity contribution in [1.82, 2.24) is 0 Å². The van der Waals surface area contributed by atoms with E-state index in [0.717, 1.165) is 23.4 Å². The number of thioether (sulfide) groups is 1. The van der Waals surface area contributed by atoms with E-state index < -0.39 is 0 Å². The third-order valence-electron chi connectivity index (χ3n) is 4.45. The minimum atomic E-state index is -0.0779. The van der Waals surface area contributed by atoms with E-state index in [-0.39, 0.29) is 23.1 Å². The van der Waals surface area contributed by atoms with E-state index in [1.54, 1.807) is 11.8 Å². The maximum Gasteiger partial charge on any atom is 0.238 e. The van der Waals surface area contributed by atoms with Crippen molar-refractivity contribution < 1.29 is 9.59 Å². The Morgan fingerprint density at radius 2 is 1.96 bits per heavy atom. The summed E-state index contributed by atoms with van der Waals surface area (Å²) in [6, 6.07) is 15.9. The Kier molecular flexibility index (Phi) is 5.67. The number of carbonyl (C=O) groups excluding carboxylic acids is 2. The Hall–Kier alpha value is -2.27. The molecule has 26 heavy (non-hydrogen) atoms. The van der Waals surface area contributed by atoms with E-state index in [4.69, 9.17) is 0 Å². The van der Waals surface area contributed by atoms with Crippen LogP contribution >= 0.6 is 11.8 Å². The van der Waals surface area contributed by atoms with Crippen molar-refractivity contribution >= 4 is 35.0 Å². The van der Waals surface area contributed by atoms with E-state index in [1.165, 1.54) is 5.56 Å². The van der Waals surface area contributed by atoms with Gasteiger partial charge in [-0.15, -0.1) is 11.8 Å². The van der Waals surface area contributed by atoms with Gasteiger partial charge in [0.25, 0.3) is 0 Å². The predicted molar refractivity (Wildman–Crippen MR) is 108 cm³/mol. The number of benzene rings is 2. The Bertz CT molecular complexity index is 802. The van der Waals surface area contributed by atoms with Crippen molar-refractivity contribution in [2.75, 3.05) is 16.0 Å². The Balaban J connectivity index is 1.87. The first-order valence-electron chi connectivity index (χ1n) is 8.93. The van der Waals surface area contributed by atoms with Gasteiger partial charge in [0.05, 0.1) is 5.75 Å². The van der Waals surface area contributed by atoms with E-state index >= 15 is 0 Å². The fourth-order valence-electron chi connectivity index (χ4n) is 2.90. The number of nitrogens with zero attached hydrogens (tertiary/aromatic N) is 1. The summed E-state index contributed by atoms with van der Waals surface area (Å²) in [5, 5.41) is 2.86. The fourth-order valence-corrected chi connectivity index (χ4v) is 4.07. The maximum absolute atomic E-state index is 12.5. The molecule has 1 atom stereocenters. The quantitative estimate of drug-likeness (QED) is 0.838. The first-order chi connectivity index (χ1) is 12.5. The van der Waals surface area contributed by atoms with Crippen LogP contribution < -0.4 is 10.2 Å². The van der Waals surface area contributed by atoms with Crippen LogP contribution in [0.15, 0.2) is 48.5 Å². The molecule has 1 saturated heterocycles. The molecule has 0 bridgehead atoms. The minimum absolute atomic E-state index is 0.00990. The molecule has 0 spiro atoms. The summed E-state index contributed by atoms with van der Waals surface area (Å²) in [6.45, 7) is 5.85. The zero-order valence-corrected chi connectivity index (χ0v) is 16.2. The summed E-state index contributed by atoms with van der Waals surface area (Å²) in [5.74, 6) is 0.489. The molecule has 1 fully saturated rings. The molecule has 5 heteroatoms. The first-order valence-corrected chi connectivity index (χ1v) is 9.98. The van der Waals surface area contributed by atoms with E-state index in [0.29, 0.717) is 5.75 Å². The lowest BCUT2D eigenvalue weighted by Gasteiger charge is -2.25. The van der Waals surface area contributed by atoms with Crippen LogP contribution in [-0.2, 0) is 16.0 Å². The van der Waals surface area contributed by atoms with Crippen LogP contribution in [0.4, 0.5) is 11.4 Å². The number of amides is 2. The highest BCUT2D eigenvalue weighted by molar-refractivity contribution is 8.00. The van der Waals surface area contributed by atoms with Crippen LogP contribution in [0.2, 0.25) is 0 Å². The van der Waals surface area contributed by atoms with Crippen LogP contribution in [0.1, 0.15) is 37.3 Å². The number of nitrogens with one attached hydrogen (secondary N) is 1. The van der Waals surface area contributed by atoms with Crippen LogP contribution in [0.25, 0.3) is 0 Å². The highest BCUT2D eigenvalue weighted by atomic mass is 32.2. The Morgan fingerprint density at radius 1 is 1.23 bits per heavy atom. The van der Waals surface area contributed by atoms with Gasteiger partial charge in [0, 0.05) is 17.3 Å². The lowest BCUT2D eigenvalue weighted by atomic mass is 10.1. The van der Waals surface area contributed by atoms with Gasteiger partial charge < -0.3 is 5.32 Å². The van der Waals surface area contributed by atoms with Gasteiger partial charge in [0.2, 0.25) is 11.8 Å². The third-order valence-corrected chi connectivity index (χ3v) is 5.67. The molecule has 0 radical (unpaired) electrons. The average molecular weight is 369 g/mol. The van der Waals surface area contributed by atoms with Crippen LogP contribution in [-0.4, -0.2) is 17.6 Å². The van der Waals surface area contributed by atoms with Gasteiger partial charge in [-0.05, 0) is 41.8 Å². The topological polar surface area (TPSA) is 49.4 Å². The Morgan fingerprint density at radius 3 is 2.62 bits per heavy atom. The molecular formula is C21H24N2O2S. The monoisotopic (exact) mass is 368 g/mol. The van der Waals surface area contributed by atoms with Crippen molar-refractivity contribution in [3.63, 3.8) is 0 Å². The maximum atomic E-state index is 12.5. The molecule has 1 aliphatic heterocycles. The molecule has 1 aliphatic rings. The normalized spacial score (nSPS) is 17.0. The molecule has 0 aromatic heterocycles. The molecule has 2 aromatic carbocycles. The van der Waals surface area contributed by atoms with Gasteiger partial charge in [-0.3, -0.25) is 14.5 Å². The standard InChI is InChI=1S/C21H24N2O2S/c1-4-15-8-10-18(11-9-15)23-19(24)13-26-21(23)16-6-5-7-17(12-16)22-20(25)14(2)3/h5-12,14,21H,4,13H2,1-3H3,(H,22,25). The second-order valence-corrected chi connectivity index (χ2v) is 7.79. The fraction of sp³-hybridized carbons (Fsp3) is 0.333. The van der Waals surface area contributed by atoms with Gasteiger partial charge in [-0.1, -0.05) is 45.0 Å². The summed E-state index contributed by atoms with van der Waals surface area (Å²) in [5.41, 5.74) is 3.95. The molecule has 136 valence electrons. The van der Waals surface area contributed by atoms with Gasteiger partial charge >= 0.3 is 0 Å². The van der Waals surface area contributed by atoms with Crippen molar-refractivity contribution in [2.24, 2.45) is 5.92 Å². The molecule has 1 heterocycles. The molecule has 4 nitrogen and oxygen atoms in total. The summed E-state index contributed by atoms with van der Waals surface area (Å²) in [7, 11) is 0. The lowest BCUT2D eigenvalue weighted by molar-refractivity contribution is -0.119. The van der Waals surface area contributed by atoms with Gasteiger partial charge in [0.1, 0.15) is 5.37 Å². The largest absolute Gasteiger partial charge is 0.326 e. The zero-order chi connectivity index (χ0) is 18.7. The minimum Gasteiger partial charge on any atom is -0.326 e. The second-order valence-electron chi connectivity index (χ2n) is 6.72. The number of hydrogen-bond donors (Lipinski definition) is 1. The van der Waals surface area contributed by atoms with Gasteiger partial charge in [-0.2, -0.15) is 0 Å². The molecule has 2 aromatic rings. The van der Waals surface area contributed by atoms with Crippen molar-refractivity contribution in [3.8, 4) is 0 Å². The van der Waals surface area contributed by atoms with Crippen molar-refractivity contribution in [1.29, 1.82) is 0 Å². The number of rotatable bonds is 5. The van der Waals surface area contributed by atoms with Crippen molar-refractivity contribution in [3.05, 3.63) is 59.7 Å². The zero-order valence-electron chi connectivity index (χ0n) is 15.4. The Labute approximate surface area is 159 Å². The van der Waals surface area contributed by atoms with Crippen LogP contribution in [0.3, 0.4) is 0 Å². The van der Waals surface area contributed by atoms with E-state index in [9.17, 15) is 9.59 Å². The number of hydrogen-bond acceptors (Lipinski definition) is 3. The molecule has 0 saturated carbocycles. The van der Waals surface area contributed by atoms with Crippen molar-refractivity contribution in [2.45, 2.75) is 32.6 Å². The summed E-state index contributed by atoms with van der Waals surface area (Å²) < 4.78 is 0. The van der Waals surface area contributed by atoms with E-state index in [2.05, 4.69) is 24.4 Å². The third kappa shape index (κ3) is 3.93. The number of aryl methyl sites for hydroxylation is 1. The number of anilines is 2. The molecule has 1 unspecified atom stereocenters. The predicted octanol–water partition coefficient (Wildman–Crippen LogP) is 4.62. The molecule has 0 aliphatic carbocycles. The molecule has 1 N–H and O–H groups in total. The summed E-state index contributed by atoms with van der Waals surface area (Å²) in [4.78, 5) is 26.3. The first kappa shape index (κ1) is 18.5. The van der Waals surface area contributed by atoms with Crippen LogP contribution in [0.5, 0.6) is 0 Å². The van der Waals surface area contributed by atoms with Crippen LogP contribution in [0, 0.1) is 5.92 Å². The van der Waals surface area contributed by atoms with Gasteiger partial charge in [-0.25, -0.2) is 0 Å². The highest BCUT2D eigenvalue weighted by Gasteiger charge is 2.34. The molecule has 2 amide bonds. The summed E-state index contributed by atoms with van der Waals surface area (Å²) in [6.07, 6.45) is 0.976. The smallest absolute Gasteiger partial charge is 0.238 e. The highest BCUT2D eigenvalue weighted by Crippen LogP contribution is 2.42. The number of carbonyl (C=O) groups is 2. The lowest BCUT2D eigenvalue weighted by Crippen LogP contribution is -2.27. The molecule has 3 rings (SSSR count).